The van der Waals surface area contributed by atoms with E-state index in [1.807, 2.05) is 35.2 Å². The lowest BCUT2D eigenvalue weighted by molar-refractivity contribution is -0.137. The van der Waals surface area contributed by atoms with Gasteiger partial charge in [-0.3, -0.25) is 9.59 Å². The Labute approximate surface area is 141 Å². The van der Waals surface area contributed by atoms with Gasteiger partial charge in [-0.1, -0.05) is 30.3 Å². The van der Waals surface area contributed by atoms with Crippen LogP contribution in [0.25, 0.3) is 0 Å². The highest BCUT2D eigenvalue weighted by atomic mass is 16.5. The Hall–Kier alpha value is -2.82. The Morgan fingerprint density at radius 3 is 2.17 bits per heavy atom. The largest absolute Gasteiger partial charge is 0.476 e. The average molecular weight is 324 g/mol. The second kappa shape index (κ2) is 7.17. The molecule has 24 heavy (non-hydrogen) atoms. The predicted octanol–water partition coefficient (Wildman–Crippen LogP) is 2.53. The molecule has 1 atom stereocenters. The van der Waals surface area contributed by atoms with Crippen molar-refractivity contribution < 1.29 is 14.3 Å². The summed E-state index contributed by atoms with van der Waals surface area (Å²) in [6.07, 6.45) is 1.37. The summed E-state index contributed by atoms with van der Waals surface area (Å²) in [5, 5.41) is 0. The van der Waals surface area contributed by atoms with Crippen molar-refractivity contribution in [3.63, 3.8) is 0 Å². The molecule has 1 heterocycles. The highest BCUT2D eigenvalue weighted by molar-refractivity contribution is 5.92. The molecule has 2 aromatic rings. The summed E-state index contributed by atoms with van der Waals surface area (Å²) in [5.74, 6) is 0.00776. The number of amides is 2. The lowest BCUT2D eigenvalue weighted by Gasteiger charge is -2.24. The summed E-state index contributed by atoms with van der Waals surface area (Å²) in [5.41, 5.74) is 6.47. The van der Waals surface area contributed by atoms with E-state index >= 15 is 0 Å². The van der Waals surface area contributed by atoms with Crippen molar-refractivity contribution in [3.8, 4) is 5.75 Å². The Morgan fingerprint density at radius 2 is 1.58 bits per heavy atom. The van der Waals surface area contributed by atoms with Gasteiger partial charge in [0, 0.05) is 24.2 Å². The summed E-state index contributed by atoms with van der Waals surface area (Å²) in [4.78, 5) is 25.9. The van der Waals surface area contributed by atoms with Gasteiger partial charge in [0.2, 0.25) is 12.0 Å². The second-order valence-corrected chi connectivity index (χ2v) is 5.83. The van der Waals surface area contributed by atoms with E-state index in [0.29, 0.717) is 11.3 Å². The molecular formula is C19H20N2O3. The van der Waals surface area contributed by atoms with Crippen molar-refractivity contribution in [3.05, 3.63) is 65.7 Å². The first-order valence-electron chi connectivity index (χ1n) is 8.05. The van der Waals surface area contributed by atoms with Crippen LogP contribution in [-0.2, 0) is 4.79 Å². The van der Waals surface area contributed by atoms with Crippen molar-refractivity contribution in [2.45, 2.75) is 18.9 Å². The van der Waals surface area contributed by atoms with Crippen LogP contribution in [0.4, 0.5) is 0 Å². The van der Waals surface area contributed by atoms with Crippen LogP contribution in [0.15, 0.2) is 54.6 Å². The molecule has 5 heteroatoms. The smallest absolute Gasteiger partial charge is 0.268 e. The van der Waals surface area contributed by atoms with E-state index in [2.05, 4.69) is 0 Å². The third-order valence-electron chi connectivity index (χ3n) is 4.14. The van der Waals surface area contributed by atoms with Gasteiger partial charge in [-0.15, -0.1) is 0 Å². The number of ether oxygens (including phenoxy) is 1. The molecule has 1 fully saturated rings. The molecule has 0 spiro atoms. The molecule has 2 aromatic carbocycles. The molecule has 3 rings (SSSR count). The first kappa shape index (κ1) is 16.1. The van der Waals surface area contributed by atoms with Crippen LogP contribution in [0, 0.1) is 0 Å². The van der Waals surface area contributed by atoms with Gasteiger partial charge in [0.15, 0.2) is 0 Å². The molecule has 0 bridgehead atoms. The molecule has 1 aliphatic rings. The number of nitrogens with zero attached hydrogens (tertiary/aromatic N) is 1. The second-order valence-electron chi connectivity index (χ2n) is 5.83. The van der Waals surface area contributed by atoms with Crippen LogP contribution < -0.4 is 10.5 Å². The topological polar surface area (TPSA) is 72.6 Å². The summed E-state index contributed by atoms with van der Waals surface area (Å²) in [6.45, 7) is 1.54. The van der Waals surface area contributed by atoms with Gasteiger partial charge in [-0.25, -0.2) is 0 Å². The minimum Gasteiger partial charge on any atom is -0.476 e. The number of likely N-dealkylation sites (tertiary alicyclic amines) is 1. The zero-order valence-electron chi connectivity index (χ0n) is 13.4. The van der Waals surface area contributed by atoms with Crippen molar-refractivity contribution in [2.24, 2.45) is 5.73 Å². The molecule has 5 nitrogen and oxygen atoms in total. The summed E-state index contributed by atoms with van der Waals surface area (Å²) < 4.78 is 5.97. The average Bonchev–Trinajstić information content (AvgIpc) is 3.15. The van der Waals surface area contributed by atoms with Gasteiger partial charge in [-0.05, 0) is 37.1 Å². The Balaban J connectivity index is 1.84. The van der Waals surface area contributed by atoms with E-state index in [4.69, 9.17) is 10.5 Å². The SMILES string of the molecule is NC(=O)c1ccc(O[C@H](C(=O)N2CCCC2)c2ccccc2)cc1. The highest BCUT2D eigenvalue weighted by Crippen LogP contribution is 2.26. The third-order valence-corrected chi connectivity index (χ3v) is 4.14. The Morgan fingerprint density at radius 1 is 0.958 bits per heavy atom. The summed E-state index contributed by atoms with van der Waals surface area (Å²) >= 11 is 0. The monoisotopic (exact) mass is 324 g/mol. The number of primary amides is 1. The van der Waals surface area contributed by atoms with E-state index in [1.54, 1.807) is 24.3 Å². The Bertz CT molecular complexity index is 707. The molecule has 0 saturated carbocycles. The quantitative estimate of drug-likeness (QED) is 0.918. The zero-order chi connectivity index (χ0) is 16.9. The number of carbonyl (C=O) groups is 2. The molecule has 0 unspecified atom stereocenters. The molecule has 0 radical (unpaired) electrons. The molecule has 2 amide bonds. The maximum Gasteiger partial charge on any atom is 0.268 e. The number of benzene rings is 2. The number of nitrogens with two attached hydrogens (primary N) is 1. The zero-order valence-corrected chi connectivity index (χ0v) is 13.4. The predicted molar refractivity (Wildman–Crippen MR) is 90.6 cm³/mol. The van der Waals surface area contributed by atoms with Gasteiger partial charge in [0.1, 0.15) is 5.75 Å². The van der Waals surface area contributed by atoms with Gasteiger partial charge in [0.25, 0.3) is 5.91 Å². The number of carbonyl (C=O) groups excluding carboxylic acids is 2. The molecule has 0 aliphatic carbocycles. The van der Waals surface area contributed by atoms with E-state index in [9.17, 15) is 9.59 Å². The van der Waals surface area contributed by atoms with Crippen molar-refractivity contribution in [1.82, 2.24) is 4.90 Å². The number of hydrogen-bond donors (Lipinski definition) is 1. The van der Waals surface area contributed by atoms with Crippen LogP contribution in [0.2, 0.25) is 0 Å². The van der Waals surface area contributed by atoms with Gasteiger partial charge in [-0.2, -0.15) is 0 Å². The lowest BCUT2D eigenvalue weighted by Crippen LogP contribution is -2.35. The Kier molecular flexibility index (Phi) is 4.79. The molecule has 0 aromatic heterocycles. The molecule has 2 N–H and O–H groups in total. The van der Waals surface area contributed by atoms with Crippen molar-refractivity contribution in [2.75, 3.05) is 13.1 Å². The van der Waals surface area contributed by atoms with E-state index in [-0.39, 0.29) is 5.91 Å². The minimum absolute atomic E-state index is 0.0299. The standard InChI is InChI=1S/C19H20N2O3/c20-18(22)15-8-10-16(11-9-15)24-17(14-6-2-1-3-7-14)19(23)21-12-4-5-13-21/h1-3,6-11,17H,4-5,12-13H2,(H2,20,22)/t17-/m0/s1. The van der Waals surface area contributed by atoms with Gasteiger partial charge < -0.3 is 15.4 Å². The first-order chi connectivity index (χ1) is 11.6. The van der Waals surface area contributed by atoms with Gasteiger partial charge in [0.05, 0.1) is 0 Å². The number of hydrogen-bond acceptors (Lipinski definition) is 3. The van der Waals surface area contributed by atoms with E-state index in [1.165, 1.54) is 0 Å². The lowest BCUT2D eigenvalue weighted by atomic mass is 10.1. The van der Waals surface area contributed by atoms with Crippen LogP contribution in [0.1, 0.15) is 34.9 Å². The molecule has 1 saturated heterocycles. The third kappa shape index (κ3) is 3.56. The minimum atomic E-state index is -0.691. The fourth-order valence-electron chi connectivity index (χ4n) is 2.83. The highest BCUT2D eigenvalue weighted by Gasteiger charge is 2.29. The maximum atomic E-state index is 12.9. The van der Waals surface area contributed by atoms with Crippen LogP contribution >= 0.6 is 0 Å². The summed E-state index contributed by atoms with van der Waals surface area (Å²) in [6, 6.07) is 16.0. The van der Waals surface area contributed by atoms with Crippen LogP contribution in [0.5, 0.6) is 5.75 Å². The molecular weight excluding hydrogens is 304 g/mol. The fourth-order valence-corrected chi connectivity index (χ4v) is 2.83. The van der Waals surface area contributed by atoms with Crippen molar-refractivity contribution >= 4 is 11.8 Å². The number of rotatable bonds is 5. The maximum absolute atomic E-state index is 12.9. The van der Waals surface area contributed by atoms with Crippen molar-refractivity contribution in [1.29, 1.82) is 0 Å². The van der Waals surface area contributed by atoms with Crippen LogP contribution in [-0.4, -0.2) is 29.8 Å². The fraction of sp³-hybridized carbons (Fsp3) is 0.263. The first-order valence-corrected chi connectivity index (χ1v) is 8.05. The molecule has 1 aliphatic heterocycles. The van der Waals surface area contributed by atoms with E-state index < -0.39 is 12.0 Å². The normalized spacial score (nSPS) is 15.1. The molecule has 124 valence electrons. The van der Waals surface area contributed by atoms with Gasteiger partial charge >= 0.3 is 0 Å². The van der Waals surface area contributed by atoms with Crippen LogP contribution in [0.3, 0.4) is 0 Å². The van der Waals surface area contributed by atoms with E-state index in [0.717, 1.165) is 31.5 Å². The summed E-state index contributed by atoms with van der Waals surface area (Å²) in [7, 11) is 0.